The third-order valence-electron chi connectivity index (χ3n) is 6.00. The maximum Gasteiger partial charge on any atom is 0.0364 e. The van der Waals surface area contributed by atoms with Gasteiger partial charge in [0, 0.05) is 5.38 Å². The highest BCUT2D eigenvalue weighted by molar-refractivity contribution is 6.20. The summed E-state index contributed by atoms with van der Waals surface area (Å²) in [5.74, 6) is 2.60. The van der Waals surface area contributed by atoms with Crippen LogP contribution in [0.2, 0.25) is 0 Å². The first kappa shape index (κ1) is 18.8. The molecule has 130 valence electrons. The molecule has 0 radical (unpaired) electrons. The Morgan fingerprint density at radius 3 is 1.91 bits per heavy atom. The summed E-state index contributed by atoms with van der Waals surface area (Å²) in [6.45, 7) is 4.58. The molecule has 0 heterocycles. The monoisotopic (exact) mass is 334 g/mol. The van der Waals surface area contributed by atoms with Crippen molar-refractivity contribution in [1.29, 1.82) is 0 Å². The maximum atomic E-state index is 6.08. The van der Waals surface area contributed by atoms with Crippen molar-refractivity contribution in [3.05, 3.63) is 35.9 Å². The van der Waals surface area contributed by atoms with Crippen molar-refractivity contribution in [2.75, 3.05) is 0 Å². The van der Waals surface area contributed by atoms with Gasteiger partial charge in [-0.1, -0.05) is 82.7 Å². The molecule has 0 amide bonds. The molecule has 2 saturated carbocycles. The predicted molar refractivity (Wildman–Crippen MR) is 103 cm³/mol. The Hall–Kier alpha value is -0.490. The molecule has 0 N–H and O–H groups in total. The highest BCUT2D eigenvalue weighted by Crippen LogP contribution is 2.39. The van der Waals surface area contributed by atoms with Gasteiger partial charge in [0.2, 0.25) is 0 Å². The van der Waals surface area contributed by atoms with Crippen LogP contribution < -0.4 is 0 Å². The van der Waals surface area contributed by atoms with Crippen LogP contribution in [0.5, 0.6) is 0 Å². The molecule has 2 fully saturated rings. The molecular formula is C22H35Cl. The van der Waals surface area contributed by atoms with Crippen molar-refractivity contribution >= 4 is 11.6 Å². The summed E-state index contributed by atoms with van der Waals surface area (Å²) in [6, 6.07) is 11.1. The van der Waals surface area contributed by atoms with E-state index in [1.807, 2.05) is 0 Å². The molecule has 0 aliphatic heterocycles. The van der Waals surface area contributed by atoms with Crippen LogP contribution in [0.15, 0.2) is 30.3 Å². The van der Waals surface area contributed by atoms with Crippen LogP contribution >= 0.6 is 11.6 Å². The quantitative estimate of drug-likeness (QED) is 0.500. The summed E-state index contributed by atoms with van der Waals surface area (Å²) in [6.07, 6.45) is 13.7. The zero-order valence-corrected chi connectivity index (χ0v) is 15.9. The normalized spacial score (nSPS) is 31.1. The minimum Gasteiger partial charge on any atom is -0.123 e. The van der Waals surface area contributed by atoms with Crippen molar-refractivity contribution in [1.82, 2.24) is 0 Å². The van der Waals surface area contributed by atoms with Gasteiger partial charge < -0.3 is 0 Å². The summed E-state index contributed by atoms with van der Waals surface area (Å²) in [7, 11) is 0. The molecular weight excluding hydrogens is 300 g/mol. The van der Waals surface area contributed by atoms with E-state index in [4.69, 9.17) is 11.6 Å². The fourth-order valence-electron chi connectivity index (χ4n) is 4.46. The number of rotatable bonds is 3. The van der Waals surface area contributed by atoms with Crippen LogP contribution in [0, 0.1) is 11.8 Å². The minimum atomic E-state index is 0.490. The Labute approximate surface area is 149 Å². The van der Waals surface area contributed by atoms with Gasteiger partial charge in [0.1, 0.15) is 0 Å². The number of hydrogen-bond donors (Lipinski definition) is 0. The average molecular weight is 335 g/mol. The second kappa shape index (κ2) is 10.4. The molecule has 1 unspecified atom stereocenters. The van der Waals surface area contributed by atoms with Gasteiger partial charge in [0.05, 0.1) is 0 Å². The summed E-state index contributed by atoms with van der Waals surface area (Å²) < 4.78 is 0. The SMILES string of the molecule is CC[C@H]1CCCCC1c1ccccc1.CC[C@H]1CCCC[C@@H]1Cl. The van der Waals surface area contributed by atoms with Crippen molar-refractivity contribution in [3.8, 4) is 0 Å². The van der Waals surface area contributed by atoms with Gasteiger partial charge in [0.25, 0.3) is 0 Å². The summed E-state index contributed by atoms with van der Waals surface area (Å²) in [5.41, 5.74) is 1.57. The largest absolute Gasteiger partial charge is 0.123 e. The van der Waals surface area contributed by atoms with Crippen LogP contribution in [0.3, 0.4) is 0 Å². The van der Waals surface area contributed by atoms with Gasteiger partial charge in [-0.05, 0) is 49.0 Å². The average Bonchev–Trinajstić information content (AvgIpc) is 2.63. The van der Waals surface area contributed by atoms with E-state index in [2.05, 4.69) is 44.2 Å². The lowest BCUT2D eigenvalue weighted by Crippen LogP contribution is -2.18. The Bertz CT molecular complexity index is 413. The molecule has 2 aliphatic carbocycles. The first-order valence-corrected chi connectivity index (χ1v) is 10.4. The minimum absolute atomic E-state index is 0.490. The van der Waals surface area contributed by atoms with Crippen LogP contribution in [0.4, 0.5) is 0 Å². The number of hydrogen-bond acceptors (Lipinski definition) is 0. The Kier molecular flexibility index (Phi) is 8.51. The standard InChI is InChI=1S/C14H20.C8H15Cl/c1-2-12-8-6-7-11-14(12)13-9-4-3-5-10-13;1-2-7-5-3-4-6-8(7)9/h3-5,9-10,12,14H,2,6-8,11H2,1H3;7-8H,2-6H2,1H3/t12-,14?;7-,8-/m00/s1. The Balaban J connectivity index is 0.000000185. The Morgan fingerprint density at radius 1 is 0.783 bits per heavy atom. The fraction of sp³-hybridized carbons (Fsp3) is 0.727. The van der Waals surface area contributed by atoms with Gasteiger partial charge in [-0.2, -0.15) is 0 Å². The third kappa shape index (κ3) is 5.82. The number of alkyl halides is 1. The molecule has 0 bridgehead atoms. The zero-order chi connectivity index (χ0) is 16.5. The lowest BCUT2D eigenvalue weighted by Gasteiger charge is -2.31. The van der Waals surface area contributed by atoms with Crippen LogP contribution in [0.25, 0.3) is 0 Å². The molecule has 2 aliphatic rings. The molecule has 0 aromatic heterocycles. The first-order valence-electron chi connectivity index (χ1n) is 9.95. The van der Waals surface area contributed by atoms with Crippen molar-refractivity contribution in [3.63, 3.8) is 0 Å². The smallest absolute Gasteiger partial charge is 0.0364 e. The van der Waals surface area contributed by atoms with Gasteiger partial charge in [-0.15, -0.1) is 11.6 Å². The van der Waals surface area contributed by atoms with Crippen LogP contribution in [0.1, 0.15) is 89.5 Å². The first-order chi connectivity index (χ1) is 11.3. The van der Waals surface area contributed by atoms with E-state index in [9.17, 15) is 0 Å². The molecule has 0 nitrogen and oxygen atoms in total. The van der Waals surface area contributed by atoms with E-state index in [0.717, 1.165) is 17.8 Å². The second-order valence-corrected chi connectivity index (χ2v) is 8.00. The van der Waals surface area contributed by atoms with E-state index < -0.39 is 0 Å². The van der Waals surface area contributed by atoms with E-state index in [0.29, 0.717) is 5.38 Å². The molecule has 3 rings (SSSR count). The second-order valence-electron chi connectivity index (χ2n) is 7.44. The molecule has 4 atom stereocenters. The van der Waals surface area contributed by atoms with E-state index >= 15 is 0 Å². The van der Waals surface area contributed by atoms with Gasteiger partial charge in [0.15, 0.2) is 0 Å². The predicted octanol–water partition coefficient (Wildman–Crippen LogP) is 7.56. The van der Waals surface area contributed by atoms with Crippen molar-refractivity contribution < 1.29 is 0 Å². The van der Waals surface area contributed by atoms with Gasteiger partial charge in [-0.25, -0.2) is 0 Å². The van der Waals surface area contributed by atoms with E-state index in [-0.39, 0.29) is 0 Å². The molecule has 0 saturated heterocycles. The zero-order valence-electron chi connectivity index (χ0n) is 15.1. The third-order valence-corrected chi connectivity index (χ3v) is 6.58. The lowest BCUT2D eigenvalue weighted by molar-refractivity contribution is 0.299. The molecule has 0 spiro atoms. The molecule has 1 aromatic rings. The molecule has 1 heteroatoms. The van der Waals surface area contributed by atoms with Crippen molar-refractivity contribution in [2.24, 2.45) is 11.8 Å². The summed E-state index contributed by atoms with van der Waals surface area (Å²) in [4.78, 5) is 0. The Morgan fingerprint density at radius 2 is 1.35 bits per heavy atom. The topological polar surface area (TPSA) is 0 Å². The molecule has 23 heavy (non-hydrogen) atoms. The number of benzene rings is 1. The van der Waals surface area contributed by atoms with Gasteiger partial charge >= 0.3 is 0 Å². The maximum absolute atomic E-state index is 6.08. The van der Waals surface area contributed by atoms with Crippen molar-refractivity contribution in [2.45, 2.75) is 89.4 Å². The summed E-state index contributed by atoms with van der Waals surface area (Å²) >= 11 is 6.08. The van der Waals surface area contributed by atoms with E-state index in [1.165, 1.54) is 64.2 Å². The highest BCUT2D eigenvalue weighted by Gasteiger charge is 2.24. The highest BCUT2D eigenvalue weighted by atomic mass is 35.5. The van der Waals surface area contributed by atoms with Crippen LogP contribution in [-0.2, 0) is 0 Å². The number of halogens is 1. The fourth-order valence-corrected chi connectivity index (χ4v) is 4.92. The van der Waals surface area contributed by atoms with E-state index in [1.54, 1.807) is 5.56 Å². The van der Waals surface area contributed by atoms with Gasteiger partial charge in [-0.3, -0.25) is 0 Å². The lowest BCUT2D eigenvalue weighted by atomic mass is 9.74. The summed E-state index contributed by atoms with van der Waals surface area (Å²) in [5, 5.41) is 0.490. The molecule has 1 aromatic carbocycles. The van der Waals surface area contributed by atoms with Crippen LogP contribution in [-0.4, -0.2) is 5.38 Å².